The summed E-state index contributed by atoms with van der Waals surface area (Å²) in [4.78, 5) is 15.1. The number of amides is 1. The van der Waals surface area contributed by atoms with Crippen LogP contribution < -0.4 is 14.8 Å². The number of benzene rings is 1. The van der Waals surface area contributed by atoms with Crippen LogP contribution in [-0.4, -0.2) is 54.8 Å². The zero-order chi connectivity index (χ0) is 18.4. The topological polar surface area (TPSA) is 71.0 Å². The van der Waals surface area contributed by atoms with E-state index in [0.717, 1.165) is 25.9 Å². The lowest BCUT2D eigenvalue weighted by molar-refractivity contribution is 0.0933. The number of halogens is 1. The van der Waals surface area contributed by atoms with Gasteiger partial charge < -0.3 is 19.9 Å². The highest BCUT2D eigenvalue weighted by Crippen LogP contribution is 2.42. The largest absolute Gasteiger partial charge is 0.506 e. The number of phenols is 1. The molecule has 0 aromatic heterocycles. The third kappa shape index (κ3) is 4.58. The van der Waals surface area contributed by atoms with Crippen molar-refractivity contribution in [3.8, 4) is 17.2 Å². The minimum Gasteiger partial charge on any atom is -0.506 e. The van der Waals surface area contributed by atoms with E-state index in [4.69, 9.17) is 9.47 Å². The summed E-state index contributed by atoms with van der Waals surface area (Å²) >= 11 is 3.28. The molecule has 1 aromatic carbocycles. The monoisotopic (exact) mass is 414 g/mol. The third-order valence-corrected chi connectivity index (χ3v) is 5.00. The number of phenolic OH excluding ortho intramolecular Hbond substituents is 1. The Morgan fingerprint density at radius 3 is 2.72 bits per heavy atom. The number of likely N-dealkylation sites (N-methyl/N-ethyl adjacent to an activating group) is 1. The second-order valence-electron chi connectivity index (χ2n) is 5.91. The summed E-state index contributed by atoms with van der Waals surface area (Å²) in [5, 5.41) is 13.3. The maximum Gasteiger partial charge on any atom is 0.259 e. The van der Waals surface area contributed by atoms with Crippen molar-refractivity contribution in [2.24, 2.45) is 0 Å². The second-order valence-corrected chi connectivity index (χ2v) is 6.76. The molecular weight excluding hydrogens is 388 g/mol. The predicted molar refractivity (Wildman–Crippen MR) is 101 cm³/mol. The van der Waals surface area contributed by atoms with Crippen LogP contribution in [0.5, 0.6) is 17.2 Å². The van der Waals surface area contributed by atoms with Gasteiger partial charge in [0.15, 0.2) is 11.5 Å². The molecule has 0 aliphatic carbocycles. The molecule has 6 nitrogen and oxygen atoms in total. The van der Waals surface area contributed by atoms with Crippen molar-refractivity contribution in [3.63, 3.8) is 0 Å². The van der Waals surface area contributed by atoms with Crippen molar-refractivity contribution >= 4 is 21.8 Å². The summed E-state index contributed by atoms with van der Waals surface area (Å²) in [5.74, 6) is 0.228. The van der Waals surface area contributed by atoms with E-state index in [0.29, 0.717) is 36.0 Å². The summed E-state index contributed by atoms with van der Waals surface area (Å²) in [6.45, 7) is 9.21. The van der Waals surface area contributed by atoms with Crippen molar-refractivity contribution in [2.45, 2.75) is 39.7 Å². The molecule has 1 heterocycles. The summed E-state index contributed by atoms with van der Waals surface area (Å²) in [6.07, 6.45) is 2.22. The van der Waals surface area contributed by atoms with E-state index in [1.165, 1.54) is 0 Å². The molecule has 1 amide bonds. The van der Waals surface area contributed by atoms with Crippen molar-refractivity contribution in [2.75, 3.05) is 32.8 Å². The van der Waals surface area contributed by atoms with E-state index in [1.54, 1.807) is 6.07 Å². The maximum atomic E-state index is 12.8. The summed E-state index contributed by atoms with van der Waals surface area (Å²) < 4.78 is 11.6. The summed E-state index contributed by atoms with van der Waals surface area (Å²) in [7, 11) is 0. The molecular formula is C18H27BrN2O4. The van der Waals surface area contributed by atoms with Crippen LogP contribution >= 0.6 is 15.9 Å². The molecule has 1 saturated heterocycles. The Labute approximate surface area is 157 Å². The van der Waals surface area contributed by atoms with Crippen molar-refractivity contribution in [1.29, 1.82) is 0 Å². The smallest absolute Gasteiger partial charge is 0.259 e. The molecule has 1 aromatic rings. The Morgan fingerprint density at radius 2 is 2.08 bits per heavy atom. The van der Waals surface area contributed by atoms with Crippen molar-refractivity contribution < 1.29 is 19.4 Å². The molecule has 25 heavy (non-hydrogen) atoms. The van der Waals surface area contributed by atoms with Gasteiger partial charge in [-0.3, -0.25) is 9.69 Å². The molecule has 1 aliphatic rings. The minimum atomic E-state index is -0.355. The Hall–Kier alpha value is -1.47. The van der Waals surface area contributed by atoms with Crippen LogP contribution in [0.4, 0.5) is 0 Å². The number of carbonyl (C=O) groups excluding carboxylic acids is 1. The van der Waals surface area contributed by atoms with E-state index in [2.05, 4.69) is 33.1 Å². The molecule has 1 fully saturated rings. The molecule has 0 bridgehead atoms. The number of carbonyl (C=O) groups is 1. The Balaban J connectivity index is 2.24. The molecule has 7 heteroatoms. The predicted octanol–water partition coefficient (Wildman–Crippen LogP) is 3.17. The van der Waals surface area contributed by atoms with Gasteiger partial charge in [0.05, 0.1) is 17.7 Å². The van der Waals surface area contributed by atoms with Crippen LogP contribution in [0.3, 0.4) is 0 Å². The fourth-order valence-electron chi connectivity index (χ4n) is 3.20. The number of aromatic hydroxyl groups is 1. The quantitative estimate of drug-likeness (QED) is 0.683. The van der Waals surface area contributed by atoms with Gasteiger partial charge in [0.1, 0.15) is 11.3 Å². The first-order valence-corrected chi connectivity index (χ1v) is 9.65. The fraction of sp³-hybridized carbons (Fsp3) is 0.611. The second kappa shape index (κ2) is 9.29. The molecule has 2 N–H and O–H groups in total. The van der Waals surface area contributed by atoms with Crippen LogP contribution in [0.25, 0.3) is 0 Å². The van der Waals surface area contributed by atoms with Crippen molar-refractivity contribution in [3.05, 3.63) is 16.1 Å². The molecule has 0 unspecified atom stereocenters. The SMILES string of the molecule is CCOc1cc(Br)c(O)c(C(=O)NC[C@@H]2CCCN2CC)c1OCC. The maximum absolute atomic E-state index is 12.8. The number of ether oxygens (including phenoxy) is 2. The van der Waals surface area contributed by atoms with Crippen molar-refractivity contribution in [1.82, 2.24) is 10.2 Å². The molecule has 2 rings (SSSR count). The van der Waals surface area contributed by atoms with Crippen LogP contribution in [0.15, 0.2) is 10.5 Å². The Bertz CT molecular complexity index is 609. The van der Waals surface area contributed by atoms with Gasteiger partial charge >= 0.3 is 0 Å². The Morgan fingerprint density at radius 1 is 1.36 bits per heavy atom. The number of nitrogens with zero attached hydrogens (tertiary/aromatic N) is 1. The first kappa shape index (κ1) is 19.8. The van der Waals surface area contributed by atoms with Crippen LogP contribution in [0, 0.1) is 0 Å². The molecule has 0 spiro atoms. The van der Waals surface area contributed by atoms with Gasteiger partial charge in [-0.05, 0) is 55.7 Å². The minimum absolute atomic E-state index is 0.112. The first-order valence-electron chi connectivity index (χ1n) is 8.86. The average Bonchev–Trinajstić information content (AvgIpc) is 3.05. The highest BCUT2D eigenvalue weighted by Gasteiger charge is 2.27. The number of likely N-dealkylation sites (tertiary alicyclic amines) is 1. The molecule has 140 valence electrons. The highest BCUT2D eigenvalue weighted by molar-refractivity contribution is 9.10. The van der Waals surface area contributed by atoms with Gasteiger partial charge in [-0.25, -0.2) is 0 Å². The van der Waals surface area contributed by atoms with E-state index >= 15 is 0 Å². The number of nitrogens with one attached hydrogen (secondary N) is 1. The Kier molecular flexibility index (Phi) is 7.38. The lowest BCUT2D eigenvalue weighted by Crippen LogP contribution is -2.40. The van der Waals surface area contributed by atoms with Crippen LogP contribution in [0.2, 0.25) is 0 Å². The standard InChI is InChI=1S/C18H27BrN2O4/c1-4-21-9-7-8-12(21)11-20-18(23)15-16(22)13(19)10-14(24-5-2)17(15)25-6-3/h10,12,22H,4-9,11H2,1-3H3,(H,20,23)/t12-/m0/s1. The summed E-state index contributed by atoms with van der Waals surface area (Å²) in [5.41, 5.74) is 0.112. The number of rotatable bonds is 8. The van der Waals surface area contributed by atoms with Gasteiger partial charge in [-0.2, -0.15) is 0 Å². The van der Waals surface area contributed by atoms with Gasteiger partial charge in [0.25, 0.3) is 5.91 Å². The molecule has 0 radical (unpaired) electrons. The normalized spacial score (nSPS) is 17.5. The zero-order valence-corrected chi connectivity index (χ0v) is 16.7. The van der Waals surface area contributed by atoms with Gasteiger partial charge in [0.2, 0.25) is 0 Å². The number of hydrogen-bond acceptors (Lipinski definition) is 5. The molecule has 1 aliphatic heterocycles. The molecule has 1 atom stereocenters. The fourth-order valence-corrected chi connectivity index (χ4v) is 3.61. The van der Waals surface area contributed by atoms with E-state index < -0.39 is 0 Å². The summed E-state index contributed by atoms with van der Waals surface area (Å²) in [6, 6.07) is 1.96. The lowest BCUT2D eigenvalue weighted by atomic mass is 10.1. The van der Waals surface area contributed by atoms with E-state index in [-0.39, 0.29) is 23.0 Å². The van der Waals surface area contributed by atoms with E-state index in [9.17, 15) is 9.90 Å². The molecule has 0 saturated carbocycles. The van der Waals surface area contributed by atoms with Crippen LogP contribution in [-0.2, 0) is 0 Å². The lowest BCUT2D eigenvalue weighted by Gasteiger charge is -2.23. The number of hydrogen-bond donors (Lipinski definition) is 2. The average molecular weight is 415 g/mol. The highest BCUT2D eigenvalue weighted by atomic mass is 79.9. The zero-order valence-electron chi connectivity index (χ0n) is 15.1. The third-order valence-electron chi connectivity index (χ3n) is 4.39. The van der Waals surface area contributed by atoms with Gasteiger partial charge in [-0.15, -0.1) is 0 Å². The van der Waals surface area contributed by atoms with Gasteiger partial charge in [0, 0.05) is 18.7 Å². The van der Waals surface area contributed by atoms with Crippen LogP contribution in [0.1, 0.15) is 44.0 Å². The van der Waals surface area contributed by atoms with Gasteiger partial charge in [-0.1, -0.05) is 6.92 Å². The van der Waals surface area contributed by atoms with E-state index in [1.807, 2.05) is 13.8 Å². The first-order chi connectivity index (χ1) is 12.0.